The lowest BCUT2D eigenvalue weighted by Crippen LogP contribution is -2.40. The van der Waals surface area contributed by atoms with Gasteiger partial charge in [-0.25, -0.2) is 0 Å². The molecule has 0 bridgehead atoms. The van der Waals surface area contributed by atoms with Crippen LogP contribution >= 0.6 is 0 Å². The molecule has 2 atom stereocenters. The van der Waals surface area contributed by atoms with Crippen molar-refractivity contribution in [3.63, 3.8) is 0 Å². The van der Waals surface area contributed by atoms with Crippen molar-refractivity contribution >= 4 is 23.5 Å². The van der Waals surface area contributed by atoms with E-state index in [2.05, 4.69) is 5.32 Å². The maximum Gasteiger partial charge on any atom is 0.303 e. The number of carbonyl (C=O) groups is 3. The molecule has 1 aromatic carbocycles. The molecule has 0 radical (unpaired) electrons. The average Bonchev–Trinajstić information content (AvgIpc) is 2.86. The normalized spacial score (nSPS) is 22.9. The molecular weight excluding hydrogens is 304 g/mol. The number of methoxy groups -OCH3 is 1. The largest absolute Gasteiger partial charge is 0.504 e. The van der Waals surface area contributed by atoms with Crippen molar-refractivity contribution < 1.29 is 29.3 Å². The number of aliphatic carboxylic acids is 1. The molecule has 2 aliphatic rings. The van der Waals surface area contributed by atoms with Gasteiger partial charge in [0, 0.05) is 19.0 Å². The molecule has 1 fully saturated rings. The highest BCUT2D eigenvalue weighted by molar-refractivity contribution is 6.10. The van der Waals surface area contributed by atoms with Crippen LogP contribution in [0.2, 0.25) is 0 Å². The summed E-state index contributed by atoms with van der Waals surface area (Å²) in [5.74, 6) is -2.01. The topological polar surface area (TPSA) is 116 Å². The van der Waals surface area contributed by atoms with Gasteiger partial charge in [-0.1, -0.05) is 0 Å². The van der Waals surface area contributed by atoms with Crippen LogP contribution in [-0.2, 0) is 9.59 Å². The van der Waals surface area contributed by atoms with Gasteiger partial charge in [-0.2, -0.15) is 0 Å². The standard InChI is InChI=1S/C15H16N2O6/c1-23-12-4-8-9(5-11(12)18)16-14(21)10-2-7(3-13(19)20)6-17(10)15(8)22/h4-5,7,10,18H,2-3,6H2,1H3,(H,16,21)(H,19,20)/t7-,10+/m1/s1. The lowest BCUT2D eigenvalue weighted by molar-refractivity contribution is -0.138. The zero-order valence-electron chi connectivity index (χ0n) is 12.4. The van der Waals surface area contributed by atoms with Gasteiger partial charge in [0.15, 0.2) is 11.5 Å². The number of carboxylic acids is 1. The van der Waals surface area contributed by atoms with Gasteiger partial charge in [0.1, 0.15) is 6.04 Å². The first-order valence-electron chi connectivity index (χ1n) is 7.15. The van der Waals surface area contributed by atoms with Gasteiger partial charge >= 0.3 is 5.97 Å². The molecule has 0 aliphatic carbocycles. The number of anilines is 1. The first kappa shape index (κ1) is 15.1. The van der Waals surface area contributed by atoms with Crippen molar-refractivity contribution in [2.75, 3.05) is 19.0 Å². The van der Waals surface area contributed by atoms with Crippen molar-refractivity contribution in [3.8, 4) is 11.5 Å². The molecule has 0 aromatic heterocycles. The fourth-order valence-corrected chi connectivity index (χ4v) is 3.17. The SMILES string of the molecule is COc1cc2c(cc1O)NC(=O)[C@@H]1C[C@H](CC(=O)O)CN1C2=O. The molecule has 1 aromatic rings. The van der Waals surface area contributed by atoms with Crippen LogP contribution in [0.3, 0.4) is 0 Å². The number of nitrogens with one attached hydrogen (secondary N) is 1. The van der Waals surface area contributed by atoms with Gasteiger partial charge in [0.2, 0.25) is 5.91 Å². The van der Waals surface area contributed by atoms with E-state index in [1.807, 2.05) is 0 Å². The van der Waals surface area contributed by atoms with Gasteiger partial charge in [0.05, 0.1) is 18.4 Å². The minimum absolute atomic E-state index is 0.0840. The third-order valence-electron chi connectivity index (χ3n) is 4.22. The van der Waals surface area contributed by atoms with E-state index < -0.39 is 12.0 Å². The Kier molecular flexibility index (Phi) is 3.59. The van der Waals surface area contributed by atoms with E-state index in [4.69, 9.17) is 9.84 Å². The Balaban J connectivity index is 1.97. The number of benzene rings is 1. The fraction of sp³-hybridized carbons (Fsp3) is 0.400. The zero-order chi connectivity index (χ0) is 16.7. The number of fused-ring (bicyclic) bond motifs is 2. The van der Waals surface area contributed by atoms with Crippen molar-refractivity contribution in [3.05, 3.63) is 17.7 Å². The molecule has 0 unspecified atom stereocenters. The van der Waals surface area contributed by atoms with E-state index in [0.717, 1.165) is 0 Å². The summed E-state index contributed by atoms with van der Waals surface area (Å²) >= 11 is 0. The van der Waals surface area contributed by atoms with Crippen LogP contribution in [0.25, 0.3) is 0 Å². The second-order valence-electron chi connectivity index (χ2n) is 5.73. The molecule has 0 spiro atoms. The monoisotopic (exact) mass is 320 g/mol. The van der Waals surface area contributed by atoms with E-state index in [1.54, 1.807) is 0 Å². The third kappa shape index (κ3) is 2.56. The third-order valence-corrected chi connectivity index (χ3v) is 4.22. The predicted octanol–water partition coefficient (Wildman–Crippen LogP) is 0.658. The van der Waals surface area contributed by atoms with Gasteiger partial charge in [0.25, 0.3) is 5.91 Å². The van der Waals surface area contributed by atoms with Crippen LogP contribution in [0.1, 0.15) is 23.2 Å². The molecule has 2 amide bonds. The van der Waals surface area contributed by atoms with Gasteiger partial charge in [-0.3, -0.25) is 14.4 Å². The Morgan fingerprint density at radius 2 is 2.17 bits per heavy atom. The summed E-state index contributed by atoms with van der Waals surface area (Å²) in [4.78, 5) is 37.3. The van der Waals surface area contributed by atoms with E-state index >= 15 is 0 Å². The molecule has 0 saturated carbocycles. The van der Waals surface area contributed by atoms with Crippen molar-refractivity contribution in [1.29, 1.82) is 0 Å². The summed E-state index contributed by atoms with van der Waals surface area (Å²) < 4.78 is 5.00. The first-order chi connectivity index (χ1) is 10.9. The minimum Gasteiger partial charge on any atom is -0.504 e. The van der Waals surface area contributed by atoms with Gasteiger partial charge < -0.3 is 25.2 Å². The van der Waals surface area contributed by atoms with E-state index in [-0.39, 0.29) is 53.4 Å². The minimum atomic E-state index is -0.951. The Morgan fingerprint density at radius 3 is 2.83 bits per heavy atom. The highest BCUT2D eigenvalue weighted by Gasteiger charge is 2.43. The highest BCUT2D eigenvalue weighted by atomic mass is 16.5. The number of hydrogen-bond donors (Lipinski definition) is 3. The number of ether oxygens (including phenoxy) is 1. The summed E-state index contributed by atoms with van der Waals surface area (Å²) in [7, 11) is 1.36. The van der Waals surface area contributed by atoms with Crippen LogP contribution in [0, 0.1) is 5.92 Å². The van der Waals surface area contributed by atoms with E-state index in [0.29, 0.717) is 6.42 Å². The number of rotatable bonds is 3. The summed E-state index contributed by atoms with van der Waals surface area (Å²) in [6, 6.07) is 1.95. The van der Waals surface area contributed by atoms with Crippen LogP contribution in [0.5, 0.6) is 11.5 Å². The number of phenolic OH excluding ortho intramolecular Hbond substituents is 1. The predicted molar refractivity (Wildman–Crippen MR) is 78.5 cm³/mol. The molecule has 23 heavy (non-hydrogen) atoms. The molecular formula is C15H16N2O6. The van der Waals surface area contributed by atoms with Crippen molar-refractivity contribution in [2.24, 2.45) is 5.92 Å². The number of amides is 2. The van der Waals surface area contributed by atoms with Crippen LogP contribution in [0.4, 0.5) is 5.69 Å². The maximum absolute atomic E-state index is 12.7. The number of hydrogen-bond acceptors (Lipinski definition) is 5. The summed E-state index contributed by atoms with van der Waals surface area (Å²) in [5.41, 5.74) is 0.439. The molecule has 8 nitrogen and oxygen atoms in total. The van der Waals surface area contributed by atoms with Crippen molar-refractivity contribution in [1.82, 2.24) is 4.90 Å². The van der Waals surface area contributed by atoms with Crippen LogP contribution in [-0.4, -0.2) is 52.6 Å². The molecule has 122 valence electrons. The number of aromatic hydroxyl groups is 1. The van der Waals surface area contributed by atoms with Gasteiger partial charge in [-0.15, -0.1) is 0 Å². The Bertz CT molecular complexity index is 701. The summed E-state index contributed by atoms with van der Waals surface area (Å²) in [5, 5.41) is 21.3. The summed E-state index contributed by atoms with van der Waals surface area (Å²) in [6.45, 7) is 0.214. The first-order valence-corrected chi connectivity index (χ1v) is 7.15. The van der Waals surface area contributed by atoms with E-state index in [9.17, 15) is 19.5 Å². The number of carbonyl (C=O) groups excluding carboxylic acids is 2. The Morgan fingerprint density at radius 1 is 1.43 bits per heavy atom. The lowest BCUT2D eigenvalue weighted by Gasteiger charge is -2.20. The number of carboxylic acid groups (broad SMARTS) is 1. The maximum atomic E-state index is 12.7. The number of phenols is 1. The van der Waals surface area contributed by atoms with Gasteiger partial charge in [-0.05, 0) is 18.4 Å². The lowest BCUT2D eigenvalue weighted by atomic mass is 10.0. The van der Waals surface area contributed by atoms with Crippen molar-refractivity contribution in [2.45, 2.75) is 18.9 Å². The van der Waals surface area contributed by atoms with Crippen LogP contribution < -0.4 is 10.1 Å². The molecule has 2 heterocycles. The quantitative estimate of drug-likeness (QED) is 0.753. The van der Waals surface area contributed by atoms with E-state index in [1.165, 1.54) is 24.1 Å². The molecule has 3 rings (SSSR count). The summed E-state index contributed by atoms with van der Waals surface area (Å²) in [6.07, 6.45) is 0.223. The second-order valence-corrected chi connectivity index (χ2v) is 5.73. The fourth-order valence-electron chi connectivity index (χ4n) is 3.17. The van der Waals surface area contributed by atoms with Crippen LogP contribution in [0.15, 0.2) is 12.1 Å². The highest BCUT2D eigenvalue weighted by Crippen LogP contribution is 2.37. The molecule has 2 aliphatic heterocycles. The Labute approximate surface area is 131 Å². The zero-order valence-corrected chi connectivity index (χ0v) is 12.4. The smallest absolute Gasteiger partial charge is 0.303 e. The molecule has 8 heteroatoms. The molecule has 1 saturated heterocycles. The molecule has 3 N–H and O–H groups in total. The average molecular weight is 320 g/mol. The number of nitrogens with zero attached hydrogens (tertiary/aromatic N) is 1. The second kappa shape index (κ2) is 5.45. The Hall–Kier alpha value is -2.77.